The van der Waals surface area contributed by atoms with Crippen LogP contribution < -0.4 is 5.73 Å². The minimum atomic E-state index is 0.368. The highest BCUT2D eigenvalue weighted by molar-refractivity contribution is 4.97. The summed E-state index contributed by atoms with van der Waals surface area (Å²) >= 11 is 0. The number of nitrogens with zero attached hydrogens (tertiary/aromatic N) is 1. The Balaban J connectivity index is 1.49. The molecule has 0 unspecified atom stereocenters. The molecule has 1 aliphatic heterocycles. The predicted octanol–water partition coefficient (Wildman–Crippen LogP) is 2.99. The average molecular weight is 268 g/mol. The summed E-state index contributed by atoms with van der Waals surface area (Å²) in [5.41, 5.74) is 6.02. The van der Waals surface area contributed by atoms with Crippen LogP contribution in [0.4, 0.5) is 0 Å². The zero-order chi connectivity index (χ0) is 13.6. The van der Waals surface area contributed by atoms with Crippen molar-refractivity contribution >= 4 is 0 Å². The maximum Gasteiger partial charge on any atom is 0.0940 e. The van der Waals surface area contributed by atoms with Gasteiger partial charge in [0.1, 0.15) is 0 Å². The van der Waals surface area contributed by atoms with Gasteiger partial charge in [0.05, 0.1) is 6.73 Å². The normalized spacial score (nSPS) is 23.7. The molecule has 2 aliphatic rings. The monoisotopic (exact) mass is 268 g/mol. The maximum atomic E-state index is 5.29. The van der Waals surface area contributed by atoms with Crippen molar-refractivity contribution in [2.45, 2.75) is 58.3 Å². The van der Waals surface area contributed by atoms with Gasteiger partial charge in [-0.3, -0.25) is 0 Å². The van der Waals surface area contributed by atoms with E-state index in [1.165, 1.54) is 64.6 Å². The third-order valence-electron chi connectivity index (χ3n) is 5.24. The molecule has 0 radical (unpaired) electrons. The second kappa shape index (κ2) is 7.61. The molecule has 1 saturated carbocycles. The summed E-state index contributed by atoms with van der Waals surface area (Å²) in [6, 6.07) is 0. The summed E-state index contributed by atoms with van der Waals surface area (Å²) in [5.74, 6) is 1.03. The molecule has 3 nitrogen and oxygen atoms in total. The van der Waals surface area contributed by atoms with Gasteiger partial charge < -0.3 is 15.4 Å². The number of unbranched alkanes of at least 4 members (excludes halogenated alkanes) is 2. The van der Waals surface area contributed by atoms with Gasteiger partial charge in [-0.05, 0) is 62.8 Å². The van der Waals surface area contributed by atoms with E-state index in [0.717, 1.165) is 24.4 Å². The van der Waals surface area contributed by atoms with E-state index in [1.54, 1.807) is 0 Å². The van der Waals surface area contributed by atoms with Crippen molar-refractivity contribution in [3.8, 4) is 0 Å². The van der Waals surface area contributed by atoms with E-state index in [4.69, 9.17) is 10.5 Å². The zero-order valence-corrected chi connectivity index (χ0v) is 12.7. The van der Waals surface area contributed by atoms with Crippen LogP contribution in [0.15, 0.2) is 0 Å². The van der Waals surface area contributed by atoms with Crippen LogP contribution in [0.25, 0.3) is 0 Å². The number of hydrogen-bond acceptors (Lipinski definition) is 3. The number of likely N-dealkylation sites (tertiary alicyclic amines) is 1. The Morgan fingerprint density at radius 1 is 1.16 bits per heavy atom. The lowest BCUT2D eigenvalue weighted by atomic mass is 9.65. The Morgan fingerprint density at radius 2 is 1.89 bits per heavy atom. The Kier molecular flexibility index (Phi) is 6.11. The standard InChI is InChI=1S/C16H32N2O/c1-2-15-6-8-16(9-7-15)12-18(13-16)10-4-3-5-11-19-14-17/h15H,2-14,17H2,1H3. The minimum absolute atomic E-state index is 0.368. The van der Waals surface area contributed by atoms with Gasteiger partial charge >= 0.3 is 0 Å². The number of rotatable bonds is 8. The summed E-state index contributed by atoms with van der Waals surface area (Å²) < 4.78 is 5.16. The number of ether oxygens (including phenoxy) is 1. The number of nitrogens with two attached hydrogens (primary N) is 1. The molecule has 2 N–H and O–H groups in total. The predicted molar refractivity (Wildman–Crippen MR) is 80.0 cm³/mol. The van der Waals surface area contributed by atoms with Gasteiger partial charge in [-0.15, -0.1) is 0 Å². The van der Waals surface area contributed by atoms with Gasteiger partial charge in [-0.1, -0.05) is 13.3 Å². The van der Waals surface area contributed by atoms with Gasteiger partial charge in [0, 0.05) is 19.7 Å². The molecule has 112 valence electrons. The minimum Gasteiger partial charge on any atom is -0.367 e. The first kappa shape index (κ1) is 15.3. The largest absolute Gasteiger partial charge is 0.367 e. The topological polar surface area (TPSA) is 38.5 Å². The summed E-state index contributed by atoms with van der Waals surface area (Å²) in [6.07, 6.45) is 11.1. The molecule has 0 bridgehead atoms. The Morgan fingerprint density at radius 3 is 2.53 bits per heavy atom. The first-order valence-corrected chi connectivity index (χ1v) is 8.28. The molecule has 2 rings (SSSR count). The lowest BCUT2D eigenvalue weighted by Crippen LogP contribution is -2.57. The van der Waals surface area contributed by atoms with E-state index in [1.807, 2.05) is 0 Å². The Labute approximate surface area is 118 Å². The molecule has 1 aliphatic carbocycles. The summed E-state index contributed by atoms with van der Waals surface area (Å²) in [5, 5.41) is 0. The molecule has 2 fully saturated rings. The van der Waals surface area contributed by atoms with Crippen molar-refractivity contribution in [2.75, 3.05) is 33.0 Å². The Hall–Kier alpha value is -0.120. The molecule has 3 heteroatoms. The van der Waals surface area contributed by atoms with Gasteiger partial charge in [0.15, 0.2) is 0 Å². The van der Waals surface area contributed by atoms with E-state index in [9.17, 15) is 0 Å². The van der Waals surface area contributed by atoms with Crippen molar-refractivity contribution in [2.24, 2.45) is 17.1 Å². The van der Waals surface area contributed by atoms with E-state index < -0.39 is 0 Å². The highest BCUT2D eigenvalue weighted by Crippen LogP contribution is 2.46. The van der Waals surface area contributed by atoms with Crippen molar-refractivity contribution in [1.29, 1.82) is 0 Å². The van der Waals surface area contributed by atoms with Gasteiger partial charge in [-0.25, -0.2) is 0 Å². The highest BCUT2D eigenvalue weighted by Gasteiger charge is 2.44. The van der Waals surface area contributed by atoms with Crippen LogP contribution in [0.3, 0.4) is 0 Å². The first-order valence-electron chi connectivity index (χ1n) is 8.28. The fraction of sp³-hybridized carbons (Fsp3) is 1.00. The van der Waals surface area contributed by atoms with Crippen LogP contribution in [0.1, 0.15) is 58.3 Å². The molecule has 0 aromatic heterocycles. The van der Waals surface area contributed by atoms with E-state index in [-0.39, 0.29) is 0 Å². The lowest BCUT2D eigenvalue weighted by Gasteiger charge is -2.54. The summed E-state index contributed by atoms with van der Waals surface area (Å²) in [4.78, 5) is 2.66. The van der Waals surface area contributed by atoms with Crippen LogP contribution in [0.2, 0.25) is 0 Å². The fourth-order valence-electron chi connectivity index (χ4n) is 3.87. The lowest BCUT2D eigenvalue weighted by molar-refractivity contribution is -0.0388. The van der Waals surface area contributed by atoms with Crippen molar-refractivity contribution in [1.82, 2.24) is 4.90 Å². The molecule has 0 aromatic carbocycles. The smallest absolute Gasteiger partial charge is 0.0940 e. The molecule has 0 amide bonds. The molecule has 1 spiro atoms. The Bertz CT molecular complexity index is 241. The van der Waals surface area contributed by atoms with Crippen LogP contribution in [-0.4, -0.2) is 37.9 Å². The van der Waals surface area contributed by atoms with Gasteiger partial charge in [0.2, 0.25) is 0 Å². The van der Waals surface area contributed by atoms with Crippen LogP contribution >= 0.6 is 0 Å². The maximum absolute atomic E-state index is 5.29. The van der Waals surface area contributed by atoms with Crippen LogP contribution in [0.5, 0.6) is 0 Å². The van der Waals surface area contributed by atoms with Gasteiger partial charge in [-0.2, -0.15) is 0 Å². The molecular weight excluding hydrogens is 236 g/mol. The second-order valence-corrected chi connectivity index (χ2v) is 6.70. The molecule has 19 heavy (non-hydrogen) atoms. The van der Waals surface area contributed by atoms with Crippen molar-refractivity contribution in [3.05, 3.63) is 0 Å². The number of hydrogen-bond donors (Lipinski definition) is 1. The third kappa shape index (κ3) is 4.44. The molecular formula is C16H32N2O. The second-order valence-electron chi connectivity index (χ2n) is 6.70. The zero-order valence-electron chi connectivity index (χ0n) is 12.7. The average Bonchev–Trinajstić information content (AvgIpc) is 2.41. The quantitative estimate of drug-likeness (QED) is 0.543. The van der Waals surface area contributed by atoms with E-state index in [0.29, 0.717) is 6.73 Å². The third-order valence-corrected chi connectivity index (χ3v) is 5.24. The summed E-state index contributed by atoms with van der Waals surface area (Å²) in [7, 11) is 0. The molecule has 1 heterocycles. The molecule has 0 atom stereocenters. The van der Waals surface area contributed by atoms with Crippen molar-refractivity contribution < 1.29 is 4.74 Å². The molecule has 0 aromatic rings. The molecule has 1 saturated heterocycles. The van der Waals surface area contributed by atoms with Crippen LogP contribution in [-0.2, 0) is 4.74 Å². The first-order chi connectivity index (χ1) is 9.28. The van der Waals surface area contributed by atoms with E-state index >= 15 is 0 Å². The van der Waals surface area contributed by atoms with Crippen LogP contribution in [0, 0.1) is 11.3 Å². The highest BCUT2D eigenvalue weighted by atomic mass is 16.5. The van der Waals surface area contributed by atoms with Crippen molar-refractivity contribution in [3.63, 3.8) is 0 Å². The SMILES string of the molecule is CCC1CCC2(CC1)CN(CCCCCOCN)C2. The van der Waals surface area contributed by atoms with Gasteiger partial charge in [0.25, 0.3) is 0 Å². The fourth-order valence-corrected chi connectivity index (χ4v) is 3.87. The van der Waals surface area contributed by atoms with E-state index in [2.05, 4.69) is 11.8 Å². The summed E-state index contributed by atoms with van der Waals surface area (Å²) in [6.45, 7) is 7.60.